The Balaban J connectivity index is 1.63. The summed E-state index contributed by atoms with van der Waals surface area (Å²) in [5.41, 5.74) is 4.25. The van der Waals surface area contributed by atoms with E-state index in [0.717, 1.165) is 43.0 Å². The minimum absolute atomic E-state index is 0.0680. The fourth-order valence-electron chi connectivity index (χ4n) is 2.86. The highest BCUT2D eigenvalue weighted by molar-refractivity contribution is 7.08. The summed E-state index contributed by atoms with van der Waals surface area (Å²) in [6.07, 6.45) is 0. The summed E-state index contributed by atoms with van der Waals surface area (Å²) in [5, 5.41) is 7.23. The summed E-state index contributed by atoms with van der Waals surface area (Å²) in [7, 11) is 1.62. The van der Waals surface area contributed by atoms with Crippen molar-refractivity contribution >= 4 is 28.7 Å². The Morgan fingerprint density at radius 1 is 1.17 bits per heavy atom. The highest BCUT2D eigenvalue weighted by atomic mass is 32.1. The first-order valence-electron chi connectivity index (χ1n) is 8.07. The van der Waals surface area contributed by atoms with Gasteiger partial charge in [0.25, 0.3) is 0 Å². The lowest BCUT2D eigenvalue weighted by Gasteiger charge is -2.35. The van der Waals surface area contributed by atoms with Crippen molar-refractivity contribution in [3.05, 3.63) is 40.1 Å². The molecule has 1 aliphatic rings. The monoisotopic (exact) mass is 345 g/mol. The first-order chi connectivity index (χ1) is 11.6. The molecule has 0 aliphatic carbocycles. The normalized spacial score (nSPS) is 14.6. The van der Waals surface area contributed by atoms with Crippen LogP contribution in [0.25, 0.3) is 0 Å². The van der Waals surface area contributed by atoms with Crippen LogP contribution in [0.1, 0.15) is 11.1 Å². The van der Waals surface area contributed by atoms with Crippen LogP contribution in [0.15, 0.2) is 29.0 Å². The number of urea groups is 1. The molecular formula is C18H23N3O2S. The number of piperazine rings is 1. The smallest absolute Gasteiger partial charge is 0.322 e. The average Bonchev–Trinajstić information content (AvgIpc) is 3.12. The lowest BCUT2D eigenvalue weighted by Crippen LogP contribution is -2.50. The van der Waals surface area contributed by atoms with E-state index in [4.69, 9.17) is 4.74 Å². The van der Waals surface area contributed by atoms with Crippen molar-refractivity contribution in [2.75, 3.05) is 43.5 Å². The third kappa shape index (κ3) is 3.48. The number of anilines is 2. The highest BCUT2D eigenvalue weighted by Gasteiger charge is 2.22. The second-order valence-corrected chi connectivity index (χ2v) is 6.80. The van der Waals surface area contributed by atoms with Gasteiger partial charge in [-0.15, -0.1) is 0 Å². The van der Waals surface area contributed by atoms with E-state index in [9.17, 15) is 4.79 Å². The molecule has 1 saturated heterocycles. The van der Waals surface area contributed by atoms with Gasteiger partial charge in [0, 0.05) is 37.2 Å². The molecule has 24 heavy (non-hydrogen) atoms. The Kier molecular flexibility index (Phi) is 4.94. The second-order valence-electron chi connectivity index (χ2n) is 6.02. The molecule has 1 aromatic carbocycles. The summed E-state index contributed by atoms with van der Waals surface area (Å²) in [5.74, 6) is 0.698. The van der Waals surface area contributed by atoms with Gasteiger partial charge in [0.05, 0.1) is 12.8 Å². The molecule has 1 fully saturated rings. The summed E-state index contributed by atoms with van der Waals surface area (Å²) >= 11 is 1.70. The van der Waals surface area contributed by atoms with Crippen LogP contribution in [0.2, 0.25) is 0 Å². The van der Waals surface area contributed by atoms with Gasteiger partial charge >= 0.3 is 6.03 Å². The van der Waals surface area contributed by atoms with Crippen LogP contribution in [-0.4, -0.2) is 44.2 Å². The molecule has 2 amide bonds. The molecular weight excluding hydrogens is 322 g/mol. The zero-order valence-electron chi connectivity index (χ0n) is 14.3. The molecule has 6 heteroatoms. The van der Waals surface area contributed by atoms with Crippen LogP contribution < -0.4 is 15.0 Å². The quantitative estimate of drug-likeness (QED) is 0.922. The lowest BCUT2D eigenvalue weighted by molar-refractivity contribution is 0.208. The topological polar surface area (TPSA) is 44.8 Å². The molecule has 1 aromatic heterocycles. The summed E-state index contributed by atoms with van der Waals surface area (Å²) in [6.45, 7) is 7.21. The number of rotatable bonds is 3. The van der Waals surface area contributed by atoms with Gasteiger partial charge in [-0.3, -0.25) is 0 Å². The van der Waals surface area contributed by atoms with Gasteiger partial charge in [-0.1, -0.05) is 0 Å². The van der Waals surface area contributed by atoms with Crippen molar-refractivity contribution in [2.45, 2.75) is 13.8 Å². The number of hydrogen-bond donors (Lipinski definition) is 1. The molecule has 1 aliphatic heterocycles. The van der Waals surface area contributed by atoms with Gasteiger partial charge < -0.3 is 19.9 Å². The predicted molar refractivity (Wildman–Crippen MR) is 99.6 cm³/mol. The van der Waals surface area contributed by atoms with Crippen LogP contribution in [0, 0.1) is 13.8 Å². The Hall–Kier alpha value is -2.21. The molecule has 0 radical (unpaired) electrons. The third-order valence-electron chi connectivity index (χ3n) is 4.50. The number of carbonyl (C=O) groups excluding carboxylic acids is 1. The van der Waals surface area contributed by atoms with Crippen LogP contribution in [0.5, 0.6) is 5.75 Å². The molecule has 5 nitrogen and oxygen atoms in total. The maximum Gasteiger partial charge on any atom is 0.322 e. The van der Waals surface area contributed by atoms with E-state index in [1.54, 1.807) is 18.4 Å². The molecule has 2 heterocycles. The number of methoxy groups -OCH3 is 1. The van der Waals surface area contributed by atoms with Crippen molar-refractivity contribution in [2.24, 2.45) is 0 Å². The maximum absolute atomic E-state index is 12.6. The number of nitrogens with zero attached hydrogens (tertiary/aromatic N) is 2. The van der Waals surface area contributed by atoms with Crippen LogP contribution in [0.3, 0.4) is 0 Å². The Labute approximate surface area is 146 Å². The van der Waals surface area contributed by atoms with Gasteiger partial charge in [-0.25, -0.2) is 4.79 Å². The average molecular weight is 345 g/mol. The number of thiophene rings is 1. The zero-order valence-corrected chi connectivity index (χ0v) is 15.2. The first-order valence-corrected chi connectivity index (χ1v) is 9.01. The minimum atomic E-state index is -0.0680. The van der Waals surface area contributed by atoms with E-state index in [1.165, 1.54) is 5.69 Å². The third-order valence-corrected chi connectivity index (χ3v) is 5.17. The van der Waals surface area contributed by atoms with Crippen molar-refractivity contribution in [1.82, 2.24) is 4.90 Å². The fraction of sp³-hybridized carbons (Fsp3) is 0.389. The number of ether oxygens (including phenoxy) is 1. The first kappa shape index (κ1) is 16.6. The van der Waals surface area contributed by atoms with E-state index in [1.807, 2.05) is 30.9 Å². The van der Waals surface area contributed by atoms with Crippen LogP contribution in [-0.2, 0) is 0 Å². The molecule has 0 unspecified atom stereocenters. The molecule has 0 atom stereocenters. The summed E-state index contributed by atoms with van der Waals surface area (Å²) in [4.78, 5) is 16.7. The Morgan fingerprint density at radius 3 is 2.50 bits per heavy atom. The van der Waals surface area contributed by atoms with Crippen LogP contribution >= 0.6 is 11.3 Å². The number of amides is 2. The predicted octanol–water partition coefficient (Wildman–Crippen LogP) is 3.73. The van der Waals surface area contributed by atoms with Gasteiger partial charge in [-0.05, 0) is 48.6 Å². The number of nitrogens with one attached hydrogen (secondary N) is 1. The molecule has 1 N–H and O–H groups in total. The van der Waals surface area contributed by atoms with E-state index >= 15 is 0 Å². The number of carbonyl (C=O) groups is 1. The SMILES string of the molecule is COc1cc(C)c(C)cc1NC(=O)N1CCN(c2ccsc2)CC1. The standard InChI is InChI=1S/C18H23N3O2S/c1-13-10-16(17(23-3)11-14(13)2)19-18(22)21-7-5-20(6-8-21)15-4-9-24-12-15/h4,9-12H,5-8H2,1-3H3,(H,19,22). The number of benzene rings is 1. The molecule has 3 rings (SSSR count). The molecule has 0 spiro atoms. The molecule has 0 saturated carbocycles. The maximum atomic E-state index is 12.6. The summed E-state index contributed by atoms with van der Waals surface area (Å²) < 4.78 is 5.40. The zero-order chi connectivity index (χ0) is 17.1. The number of aryl methyl sites for hydroxylation is 2. The largest absolute Gasteiger partial charge is 0.495 e. The van der Waals surface area contributed by atoms with E-state index < -0.39 is 0 Å². The lowest BCUT2D eigenvalue weighted by atomic mass is 10.1. The highest BCUT2D eigenvalue weighted by Crippen LogP contribution is 2.28. The molecule has 128 valence electrons. The second kappa shape index (κ2) is 7.13. The minimum Gasteiger partial charge on any atom is -0.495 e. The van der Waals surface area contributed by atoms with E-state index in [0.29, 0.717) is 5.75 Å². The van der Waals surface area contributed by atoms with Crippen molar-refractivity contribution in [1.29, 1.82) is 0 Å². The fourth-order valence-corrected chi connectivity index (χ4v) is 3.52. The number of hydrogen-bond acceptors (Lipinski definition) is 4. The van der Waals surface area contributed by atoms with Gasteiger partial charge in [0.1, 0.15) is 5.75 Å². The van der Waals surface area contributed by atoms with Crippen molar-refractivity contribution in [3.63, 3.8) is 0 Å². The van der Waals surface area contributed by atoms with Crippen LogP contribution in [0.4, 0.5) is 16.2 Å². The molecule has 2 aromatic rings. The van der Waals surface area contributed by atoms with Gasteiger partial charge in [-0.2, -0.15) is 11.3 Å². The Morgan fingerprint density at radius 2 is 1.88 bits per heavy atom. The van der Waals surface area contributed by atoms with Crippen molar-refractivity contribution < 1.29 is 9.53 Å². The van der Waals surface area contributed by atoms with Gasteiger partial charge in [0.15, 0.2) is 0 Å². The van der Waals surface area contributed by atoms with E-state index in [-0.39, 0.29) is 6.03 Å². The molecule has 0 bridgehead atoms. The Bertz CT molecular complexity index is 707. The van der Waals surface area contributed by atoms with Crippen molar-refractivity contribution in [3.8, 4) is 5.75 Å². The van der Waals surface area contributed by atoms with Gasteiger partial charge in [0.2, 0.25) is 0 Å². The van der Waals surface area contributed by atoms with E-state index in [2.05, 4.69) is 27.0 Å². The summed E-state index contributed by atoms with van der Waals surface area (Å²) in [6, 6.07) is 5.98.